The van der Waals surface area contributed by atoms with E-state index in [4.69, 9.17) is 28.4 Å². The molecular weight excluding hydrogens is 1190 g/mol. The number of carbonyl (C=O) groups is 1. The molecule has 3 aliphatic rings. The molecule has 3 saturated heterocycles. The second-order valence-corrected chi connectivity index (χ2v) is 27.1. The van der Waals surface area contributed by atoms with E-state index in [0.29, 0.717) is 12.8 Å². The first-order valence-electron chi connectivity index (χ1n) is 37.7. The molecule has 0 bridgehead atoms. The maximum atomic E-state index is 13.4. The highest BCUT2D eigenvalue weighted by Crippen LogP contribution is 2.33. The zero-order valence-corrected chi connectivity index (χ0v) is 58.0. The third-order valence-electron chi connectivity index (χ3n) is 18.9. The van der Waals surface area contributed by atoms with Crippen molar-refractivity contribution in [2.24, 2.45) is 0 Å². The average molecular weight is 1330 g/mol. The summed E-state index contributed by atoms with van der Waals surface area (Å²) >= 11 is 0. The van der Waals surface area contributed by atoms with E-state index in [0.717, 1.165) is 38.5 Å². The smallest absolute Gasteiger partial charge is 0.220 e. The molecule has 93 heavy (non-hydrogen) atoms. The fourth-order valence-corrected chi connectivity index (χ4v) is 12.8. The van der Waals surface area contributed by atoms with Crippen molar-refractivity contribution in [1.82, 2.24) is 5.32 Å². The summed E-state index contributed by atoms with van der Waals surface area (Å²) in [5.41, 5.74) is 0. The number of aliphatic hydroxyl groups is 11. The summed E-state index contributed by atoms with van der Waals surface area (Å²) in [6.45, 7) is 1.75. The number of allylic oxidation sites excluding steroid dienone is 5. The van der Waals surface area contributed by atoms with Gasteiger partial charge in [0.2, 0.25) is 5.91 Å². The van der Waals surface area contributed by atoms with Crippen LogP contribution in [0.4, 0.5) is 0 Å². The first-order chi connectivity index (χ1) is 45.3. The molecule has 0 saturated carbocycles. The molecule has 17 unspecified atom stereocenters. The van der Waals surface area contributed by atoms with Crippen molar-refractivity contribution >= 4 is 5.91 Å². The predicted molar refractivity (Wildman–Crippen MR) is 365 cm³/mol. The Balaban J connectivity index is 1.40. The lowest BCUT2D eigenvalue weighted by atomic mass is 9.96. The van der Waals surface area contributed by atoms with Gasteiger partial charge in [0.05, 0.1) is 38.6 Å². The maximum absolute atomic E-state index is 13.4. The molecule has 0 aromatic carbocycles. The third kappa shape index (κ3) is 37.1. The van der Waals surface area contributed by atoms with Gasteiger partial charge in [-0.05, 0) is 57.8 Å². The summed E-state index contributed by atoms with van der Waals surface area (Å²) in [5, 5.41) is 121. The van der Waals surface area contributed by atoms with Crippen LogP contribution in [-0.2, 0) is 33.2 Å². The van der Waals surface area contributed by atoms with Gasteiger partial charge in [-0.1, -0.05) is 269 Å². The molecule has 546 valence electrons. The molecule has 19 heteroatoms. The van der Waals surface area contributed by atoms with Crippen LogP contribution in [0.25, 0.3) is 0 Å². The van der Waals surface area contributed by atoms with E-state index in [-0.39, 0.29) is 18.9 Å². The number of hydrogen-bond donors (Lipinski definition) is 12. The van der Waals surface area contributed by atoms with Gasteiger partial charge in [-0.25, -0.2) is 0 Å². The van der Waals surface area contributed by atoms with E-state index in [1.807, 2.05) is 6.08 Å². The summed E-state index contributed by atoms with van der Waals surface area (Å²) in [6, 6.07) is -0.989. The highest BCUT2D eigenvalue weighted by molar-refractivity contribution is 5.76. The molecule has 17 atom stereocenters. The number of hydrogen-bond acceptors (Lipinski definition) is 18. The van der Waals surface area contributed by atoms with Crippen molar-refractivity contribution in [3.8, 4) is 0 Å². The van der Waals surface area contributed by atoms with Gasteiger partial charge in [0.15, 0.2) is 18.9 Å². The van der Waals surface area contributed by atoms with E-state index >= 15 is 0 Å². The van der Waals surface area contributed by atoms with E-state index in [1.54, 1.807) is 6.08 Å². The predicted octanol–water partition coefficient (Wildman–Crippen LogP) is 11.2. The van der Waals surface area contributed by atoms with E-state index in [1.165, 1.54) is 225 Å². The summed E-state index contributed by atoms with van der Waals surface area (Å²) in [6.07, 6.45) is 39.9. The molecule has 0 aromatic heterocycles. The molecular formula is C74H137NO18. The molecule has 0 aromatic rings. The van der Waals surface area contributed by atoms with Crippen LogP contribution in [-0.4, -0.2) is 193 Å². The molecule has 0 aliphatic carbocycles. The van der Waals surface area contributed by atoms with Gasteiger partial charge < -0.3 is 89.9 Å². The number of unbranched alkanes of at least 4 members (excludes halogenated alkanes) is 39. The lowest BCUT2D eigenvalue weighted by Gasteiger charge is -2.48. The van der Waals surface area contributed by atoms with Crippen LogP contribution in [0.2, 0.25) is 0 Å². The maximum Gasteiger partial charge on any atom is 0.220 e. The van der Waals surface area contributed by atoms with Crippen LogP contribution >= 0.6 is 0 Å². The van der Waals surface area contributed by atoms with Crippen LogP contribution in [0, 0.1) is 0 Å². The fraction of sp³-hybridized carbons (Fsp3) is 0.905. The molecule has 0 spiro atoms. The van der Waals surface area contributed by atoms with Gasteiger partial charge in [-0.3, -0.25) is 4.79 Å². The Labute approximate surface area is 561 Å². The Kier molecular flexibility index (Phi) is 51.2. The van der Waals surface area contributed by atoms with Crippen molar-refractivity contribution in [2.45, 2.75) is 401 Å². The van der Waals surface area contributed by atoms with Crippen molar-refractivity contribution in [3.05, 3.63) is 36.5 Å². The first kappa shape index (κ1) is 85.2. The molecule has 3 heterocycles. The fourth-order valence-electron chi connectivity index (χ4n) is 12.8. The first-order valence-corrected chi connectivity index (χ1v) is 37.7. The molecule has 3 aliphatic heterocycles. The second-order valence-electron chi connectivity index (χ2n) is 27.1. The zero-order valence-electron chi connectivity index (χ0n) is 58.0. The summed E-state index contributed by atoms with van der Waals surface area (Å²) < 4.78 is 34.4. The van der Waals surface area contributed by atoms with Gasteiger partial charge in [-0.2, -0.15) is 0 Å². The topological polar surface area (TPSA) is 307 Å². The third-order valence-corrected chi connectivity index (χ3v) is 18.9. The molecule has 1 amide bonds. The van der Waals surface area contributed by atoms with Gasteiger partial charge in [0.25, 0.3) is 0 Å². The van der Waals surface area contributed by atoms with E-state index in [9.17, 15) is 61.0 Å². The number of rotatable bonds is 59. The van der Waals surface area contributed by atoms with E-state index < -0.39 is 124 Å². The molecule has 19 nitrogen and oxygen atoms in total. The molecule has 0 radical (unpaired) electrons. The molecule has 3 fully saturated rings. The quantitative estimate of drug-likeness (QED) is 0.0199. The summed E-state index contributed by atoms with van der Waals surface area (Å²) in [7, 11) is 0. The summed E-state index contributed by atoms with van der Waals surface area (Å²) in [4.78, 5) is 13.4. The Bertz CT molecular complexity index is 1830. The van der Waals surface area contributed by atoms with Gasteiger partial charge in [0.1, 0.15) is 73.2 Å². The minimum Gasteiger partial charge on any atom is -0.394 e. The Hall–Kier alpha value is -1.99. The lowest BCUT2D eigenvalue weighted by molar-refractivity contribution is -0.379. The standard InChI is InChI=1S/C74H137NO18/c1-3-5-7-9-11-13-15-17-19-21-23-24-25-26-27-28-29-30-31-32-34-36-38-40-42-44-46-48-50-52-62(80)75-57(58(79)51-49-47-45-43-41-39-37-35-33-22-20-18-16-14-12-10-8-6-4-2)56-88-72-68(86)65(83)70(60(54-77)90-72)93-74-69(87)66(84)71(61(55-78)91-74)92-73-67(85)64(82)63(81)59(53-76)89-73/h21,23,41,43,49,51,57-61,63-74,76-79,81-87H,3-20,22,24-40,42,44-48,50,52-56H2,1-2H3,(H,75,80)/b23-21-,43-41+,51-49+. The number of amides is 1. The minimum atomic E-state index is -1.98. The normalized spacial score (nSPS) is 27.7. The van der Waals surface area contributed by atoms with Gasteiger partial charge in [0, 0.05) is 6.42 Å². The van der Waals surface area contributed by atoms with Crippen LogP contribution < -0.4 is 5.32 Å². The largest absolute Gasteiger partial charge is 0.394 e. The van der Waals surface area contributed by atoms with Crippen molar-refractivity contribution in [2.75, 3.05) is 26.4 Å². The monoisotopic (exact) mass is 1330 g/mol. The van der Waals surface area contributed by atoms with Crippen molar-refractivity contribution in [1.29, 1.82) is 0 Å². The van der Waals surface area contributed by atoms with Gasteiger partial charge >= 0.3 is 0 Å². The zero-order chi connectivity index (χ0) is 67.5. The van der Waals surface area contributed by atoms with E-state index in [2.05, 4.69) is 43.5 Å². The average Bonchev–Trinajstić information content (AvgIpc) is 1.00. The minimum absolute atomic E-state index is 0.239. The van der Waals surface area contributed by atoms with Crippen LogP contribution in [0.5, 0.6) is 0 Å². The Morgan fingerprint density at radius 3 is 1.08 bits per heavy atom. The van der Waals surface area contributed by atoms with Crippen molar-refractivity contribution < 1.29 is 89.4 Å². The number of ether oxygens (including phenoxy) is 6. The number of aliphatic hydroxyl groups excluding tert-OH is 11. The molecule has 12 N–H and O–H groups in total. The number of nitrogens with one attached hydrogen (secondary N) is 1. The molecule has 3 rings (SSSR count). The second kappa shape index (κ2) is 55.8. The van der Waals surface area contributed by atoms with Crippen molar-refractivity contribution in [3.63, 3.8) is 0 Å². The van der Waals surface area contributed by atoms with Crippen LogP contribution in [0.1, 0.15) is 296 Å². The highest BCUT2D eigenvalue weighted by atomic mass is 16.8. The number of carbonyl (C=O) groups excluding carboxylic acids is 1. The summed E-state index contributed by atoms with van der Waals surface area (Å²) in [5.74, 6) is -0.281. The lowest BCUT2D eigenvalue weighted by Crippen LogP contribution is -2.66. The van der Waals surface area contributed by atoms with Gasteiger partial charge in [-0.15, -0.1) is 0 Å². The SMILES string of the molecule is CCCCCCCCCC/C=C\CCCCCCCCCCCCCCCCCCCC(=O)NC(COC1OC(CO)C(OC2OC(CO)C(OC3OC(CO)C(O)C(O)C3O)C(O)C2O)C(O)C1O)C(O)/C=C/CC/C=C/CCCCCCCCCCCCCCC. The Morgan fingerprint density at radius 2 is 0.688 bits per heavy atom. The highest BCUT2D eigenvalue weighted by Gasteiger charge is 2.53. The Morgan fingerprint density at radius 1 is 0.376 bits per heavy atom. The van der Waals surface area contributed by atoms with Crippen LogP contribution in [0.15, 0.2) is 36.5 Å². The van der Waals surface area contributed by atoms with Crippen LogP contribution in [0.3, 0.4) is 0 Å².